The highest BCUT2D eigenvalue weighted by Gasteiger charge is 2.36. The first-order valence-electron chi connectivity index (χ1n) is 8.57. The molecule has 0 aliphatic carbocycles. The number of carbonyl (C=O) groups is 2. The van der Waals surface area contributed by atoms with Crippen molar-refractivity contribution < 1.29 is 22.8 Å². The normalized spacial score (nSPS) is 16.9. The Labute approximate surface area is 177 Å². The van der Waals surface area contributed by atoms with Gasteiger partial charge in [0.05, 0.1) is 16.8 Å². The lowest BCUT2D eigenvalue weighted by Crippen LogP contribution is -2.45. The van der Waals surface area contributed by atoms with Crippen LogP contribution in [-0.4, -0.2) is 32.5 Å². The predicted molar refractivity (Wildman–Crippen MR) is 106 cm³/mol. The van der Waals surface area contributed by atoms with Gasteiger partial charge in [-0.1, -0.05) is 29.8 Å². The summed E-state index contributed by atoms with van der Waals surface area (Å²) in [6, 6.07) is 9.91. The molecule has 2 heterocycles. The summed E-state index contributed by atoms with van der Waals surface area (Å²) in [6.45, 7) is 0. The van der Waals surface area contributed by atoms with Gasteiger partial charge < -0.3 is 0 Å². The fourth-order valence-corrected chi connectivity index (χ4v) is 4.38. The van der Waals surface area contributed by atoms with Crippen molar-refractivity contribution in [1.29, 1.82) is 0 Å². The zero-order valence-electron chi connectivity index (χ0n) is 15.0. The molecule has 3 aromatic rings. The number of thioether (sulfide) groups is 1. The van der Waals surface area contributed by atoms with E-state index in [1.807, 2.05) is 0 Å². The van der Waals surface area contributed by atoms with Crippen molar-refractivity contribution in [1.82, 2.24) is 20.4 Å². The fraction of sp³-hybridized carbons (Fsp3) is 0.158. The molecule has 0 bridgehead atoms. The van der Waals surface area contributed by atoms with Gasteiger partial charge in [0.1, 0.15) is 5.37 Å². The number of hydrogen-bond acceptors (Lipinski definition) is 5. The average molecular weight is 453 g/mol. The van der Waals surface area contributed by atoms with Crippen LogP contribution in [0, 0.1) is 0 Å². The van der Waals surface area contributed by atoms with E-state index in [4.69, 9.17) is 11.6 Å². The van der Waals surface area contributed by atoms with Gasteiger partial charge in [-0.2, -0.15) is 13.2 Å². The molecule has 2 aromatic carbocycles. The summed E-state index contributed by atoms with van der Waals surface area (Å²) in [7, 11) is 0. The van der Waals surface area contributed by atoms with Crippen LogP contribution in [0.5, 0.6) is 0 Å². The lowest BCUT2D eigenvalue weighted by molar-refractivity contribution is -0.137. The Kier molecular flexibility index (Phi) is 5.29. The molecule has 30 heavy (non-hydrogen) atoms. The number of halogens is 4. The summed E-state index contributed by atoms with van der Waals surface area (Å²) in [6.07, 6.45) is -3.36. The lowest BCUT2D eigenvalue weighted by atomic mass is 10.1. The van der Waals surface area contributed by atoms with E-state index in [0.717, 1.165) is 23.3 Å². The summed E-state index contributed by atoms with van der Waals surface area (Å²) < 4.78 is 38.5. The molecule has 6 nitrogen and oxygen atoms in total. The number of fused-ring (bicyclic) bond motifs is 1. The minimum atomic E-state index is -4.49. The second-order valence-electron chi connectivity index (χ2n) is 6.35. The van der Waals surface area contributed by atoms with Gasteiger partial charge in [-0.3, -0.25) is 15.0 Å². The molecular formula is C19H12ClF3N4O2S. The molecule has 1 unspecified atom stereocenters. The Hall–Kier alpha value is -2.85. The molecule has 1 aliphatic rings. The van der Waals surface area contributed by atoms with Crippen molar-refractivity contribution in [2.45, 2.75) is 11.6 Å². The zero-order chi connectivity index (χ0) is 21.5. The third-order valence-corrected chi connectivity index (χ3v) is 5.91. The summed E-state index contributed by atoms with van der Waals surface area (Å²) in [5.74, 6) is -1.21. The van der Waals surface area contributed by atoms with Crippen molar-refractivity contribution in [3.8, 4) is 0 Å². The minimum absolute atomic E-state index is 0.142. The van der Waals surface area contributed by atoms with Crippen molar-refractivity contribution >= 4 is 46.1 Å². The molecule has 2 amide bonds. The van der Waals surface area contributed by atoms with Crippen LogP contribution in [-0.2, 0) is 11.0 Å². The highest BCUT2D eigenvalue weighted by atomic mass is 35.5. The van der Waals surface area contributed by atoms with Crippen LogP contribution in [0.15, 0.2) is 48.7 Å². The van der Waals surface area contributed by atoms with E-state index in [0.29, 0.717) is 10.6 Å². The quantitative estimate of drug-likeness (QED) is 0.644. The van der Waals surface area contributed by atoms with Gasteiger partial charge >= 0.3 is 12.1 Å². The molecule has 1 aliphatic heterocycles. The Bertz CT molecular complexity index is 1160. The fourth-order valence-electron chi connectivity index (χ4n) is 2.93. The molecule has 154 valence electrons. The maximum Gasteiger partial charge on any atom is 0.416 e. The molecular weight excluding hydrogens is 441 g/mol. The van der Waals surface area contributed by atoms with Gasteiger partial charge in [0, 0.05) is 22.2 Å². The number of nitrogens with one attached hydrogen (secondary N) is 1. The number of aromatic nitrogens is 2. The molecule has 1 fully saturated rings. The van der Waals surface area contributed by atoms with Gasteiger partial charge in [-0.25, -0.2) is 15.0 Å². The molecule has 0 radical (unpaired) electrons. The Balaban J connectivity index is 1.59. The molecule has 1 saturated heterocycles. The number of hydrogen-bond donors (Lipinski definition) is 1. The van der Waals surface area contributed by atoms with E-state index in [1.54, 1.807) is 24.3 Å². The second-order valence-corrected chi connectivity index (χ2v) is 7.83. The maximum atomic E-state index is 12.8. The Morgan fingerprint density at radius 3 is 2.73 bits per heavy atom. The van der Waals surface area contributed by atoms with Crippen LogP contribution in [0.25, 0.3) is 10.9 Å². The third kappa shape index (κ3) is 3.92. The molecule has 1 atom stereocenters. The largest absolute Gasteiger partial charge is 0.416 e. The summed E-state index contributed by atoms with van der Waals surface area (Å²) in [5, 5.41) is 1.23. The Morgan fingerprint density at radius 1 is 1.23 bits per heavy atom. The SMILES string of the molecule is O=C(NN1C(=O)CSC1c1ccccc1Cl)c1ncc2cc(C(F)(F)F)ccc2n1. The number of nitrogens with zero attached hydrogens (tertiary/aromatic N) is 3. The summed E-state index contributed by atoms with van der Waals surface area (Å²) in [5.41, 5.74) is 2.48. The number of alkyl halides is 3. The summed E-state index contributed by atoms with van der Waals surface area (Å²) in [4.78, 5) is 32.8. The molecule has 0 saturated carbocycles. The zero-order valence-corrected chi connectivity index (χ0v) is 16.6. The van der Waals surface area contributed by atoms with Crippen molar-refractivity contribution in [3.05, 3.63) is 70.6 Å². The van der Waals surface area contributed by atoms with Gasteiger partial charge in [-0.15, -0.1) is 11.8 Å². The molecule has 1 aromatic heterocycles. The topological polar surface area (TPSA) is 75.2 Å². The number of hydrazine groups is 1. The first kappa shape index (κ1) is 20.4. The number of carbonyl (C=O) groups excluding carboxylic acids is 2. The molecule has 0 spiro atoms. The molecule has 4 rings (SSSR count). The van der Waals surface area contributed by atoms with Crippen molar-refractivity contribution in [2.75, 3.05) is 5.75 Å². The van der Waals surface area contributed by atoms with Crippen LogP contribution in [0.1, 0.15) is 27.1 Å². The highest BCUT2D eigenvalue weighted by molar-refractivity contribution is 8.00. The third-order valence-electron chi connectivity index (χ3n) is 4.37. The molecule has 11 heteroatoms. The van der Waals surface area contributed by atoms with E-state index in [1.165, 1.54) is 17.8 Å². The van der Waals surface area contributed by atoms with Gasteiger partial charge in [0.25, 0.3) is 5.91 Å². The average Bonchev–Trinajstić information content (AvgIpc) is 3.07. The van der Waals surface area contributed by atoms with Crippen LogP contribution in [0.4, 0.5) is 13.2 Å². The van der Waals surface area contributed by atoms with Crippen LogP contribution >= 0.6 is 23.4 Å². The summed E-state index contributed by atoms with van der Waals surface area (Å²) >= 11 is 7.51. The van der Waals surface area contributed by atoms with Gasteiger partial charge in [-0.05, 0) is 24.3 Å². The standard InChI is InChI=1S/C19H12ClF3N4O2S/c20-13-4-2-1-3-12(13)18-27(15(28)9-30-18)26-17(29)16-24-8-10-7-11(19(21,22)23)5-6-14(10)25-16/h1-8,18H,9H2,(H,26,29). The van der Waals surface area contributed by atoms with Crippen LogP contribution in [0.2, 0.25) is 5.02 Å². The predicted octanol–water partition coefficient (Wildman–Crippen LogP) is 4.22. The first-order valence-corrected chi connectivity index (χ1v) is 10.00. The second kappa shape index (κ2) is 7.77. The highest BCUT2D eigenvalue weighted by Crippen LogP contribution is 2.40. The van der Waals surface area contributed by atoms with Gasteiger partial charge in [0.2, 0.25) is 5.82 Å². The lowest BCUT2D eigenvalue weighted by Gasteiger charge is -2.24. The van der Waals surface area contributed by atoms with Crippen LogP contribution < -0.4 is 5.43 Å². The monoisotopic (exact) mass is 452 g/mol. The number of amides is 2. The number of benzene rings is 2. The van der Waals surface area contributed by atoms with E-state index in [-0.39, 0.29) is 28.4 Å². The first-order chi connectivity index (χ1) is 14.2. The van der Waals surface area contributed by atoms with Crippen LogP contribution in [0.3, 0.4) is 0 Å². The van der Waals surface area contributed by atoms with Crippen molar-refractivity contribution in [2.24, 2.45) is 0 Å². The Morgan fingerprint density at radius 2 is 2.00 bits per heavy atom. The minimum Gasteiger partial charge on any atom is -0.272 e. The van der Waals surface area contributed by atoms with E-state index in [2.05, 4.69) is 15.4 Å². The van der Waals surface area contributed by atoms with E-state index in [9.17, 15) is 22.8 Å². The smallest absolute Gasteiger partial charge is 0.272 e. The van der Waals surface area contributed by atoms with Gasteiger partial charge in [0.15, 0.2) is 0 Å². The molecule has 1 N–H and O–H groups in total. The number of rotatable bonds is 3. The van der Waals surface area contributed by atoms with E-state index >= 15 is 0 Å². The van der Waals surface area contributed by atoms with Crippen molar-refractivity contribution in [3.63, 3.8) is 0 Å². The van der Waals surface area contributed by atoms with E-state index < -0.39 is 23.0 Å². The maximum absolute atomic E-state index is 12.8.